The van der Waals surface area contributed by atoms with Crippen LogP contribution in [-0.2, 0) is 14.3 Å². The van der Waals surface area contributed by atoms with Crippen molar-refractivity contribution in [2.75, 3.05) is 0 Å². The number of allylic oxidation sites excluding steroid dienone is 4. The maximum absolute atomic E-state index is 11.9. The van der Waals surface area contributed by atoms with Gasteiger partial charge in [0.25, 0.3) is 0 Å². The first kappa shape index (κ1) is 16.5. The third-order valence-electron chi connectivity index (χ3n) is 5.61. The van der Waals surface area contributed by atoms with Gasteiger partial charge in [0.1, 0.15) is 6.10 Å². The third kappa shape index (κ3) is 3.60. The summed E-state index contributed by atoms with van der Waals surface area (Å²) in [6.45, 7) is 10.5. The molecule has 2 heterocycles. The number of ether oxygens (including phenoxy) is 2. The Balaban J connectivity index is 1.79. The number of fused-ring (bicyclic) bond motifs is 2. The van der Waals surface area contributed by atoms with Crippen molar-refractivity contribution in [3.63, 3.8) is 0 Å². The van der Waals surface area contributed by atoms with Gasteiger partial charge in [0, 0.05) is 17.9 Å². The van der Waals surface area contributed by atoms with Gasteiger partial charge in [-0.15, -0.1) is 0 Å². The minimum atomic E-state index is -0.228. The molecule has 126 valence electrons. The molecule has 3 rings (SSSR count). The summed E-state index contributed by atoms with van der Waals surface area (Å²) >= 11 is 0. The van der Waals surface area contributed by atoms with Crippen molar-refractivity contribution in [3.05, 3.63) is 35.5 Å². The Bertz CT molecular complexity index is 571. The van der Waals surface area contributed by atoms with Crippen LogP contribution in [0.4, 0.5) is 0 Å². The fourth-order valence-electron chi connectivity index (χ4n) is 3.82. The minimum Gasteiger partial charge on any atom is -0.458 e. The third-order valence-corrected chi connectivity index (χ3v) is 5.61. The van der Waals surface area contributed by atoms with Crippen LogP contribution in [0.3, 0.4) is 0 Å². The largest absolute Gasteiger partial charge is 0.458 e. The van der Waals surface area contributed by atoms with Crippen LogP contribution in [0.2, 0.25) is 0 Å². The summed E-state index contributed by atoms with van der Waals surface area (Å²) in [4.78, 5) is 11.9. The lowest BCUT2D eigenvalue weighted by Gasteiger charge is -2.19. The molecular formula is C20H28O3. The zero-order valence-corrected chi connectivity index (χ0v) is 14.6. The fraction of sp³-hybridized carbons (Fsp3) is 0.650. The van der Waals surface area contributed by atoms with E-state index >= 15 is 0 Å². The van der Waals surface area contributed by atoms with E-state index in [4.69, 9.17) is 9.47 Å². The first-order valence-corrected chi connectivity index (χ1v) is 8.78. The second-order valence-electron chi connectivity index (χ2n) is 7.61. The Kier molecular flexibility index (Phi) is 4.50. The van der Waals surface area contributed by atoms with Crippen LogP contribution in [-0.4, -0.2) is 23.8 Å². The first-order valence-electron chi connectivity index (χ1n) is 8.78. The van der Waals surface area contributed by atoms with Crippen LogP contribution in [0, 0.1) is 5.92 Å². The molecule has 0 N–H and O–H groups in total. The molecule has 0 radical (unpaired) electrons. The van der Waals surface area contributed by atoms with Crippen LogP contribution >= 0.6 is 0 Å². The number of epoxide rings is 1. The molecule has 2 saturated heterocycles. The van der Waals surface area contributed by atoms with Gasteiger partial charge >= 0.3 is 5.97 Å². The van der Waals surface area contributed by atoms with Crippen molar-refractivity contribution in [3.8, 4) is 0 Å². The highest BCUT2D eigenvalue weighted by molar-refractivity contribution is 5.90. The summed E-state index contributed by atoms with van der Waals surface area (Å²) in [5.74, 6) is -0.131. The predicted molar refractivity (Wildman–Crippen MR) is 91.0 cm³/mol. The summed E-state index contributed by atoms with van der Waals surface area (Å²) in [6, 6.07) is 0. The second-order valence-corrected chi connectivity index (χ2v) is 7.61. The van der Waals surface area contributed by atoms with Crippen LogP contribution < -0.4 is 0 Å². The number of esters is 1. The number of rotatable bonds is 0. The normalized spacial score (nSPS) is 43.2. The van der Waals surface area contributed by atoms with Gasteiger partial charge in [-0.3, -0.25) is 0 Å². The molecule has 0 aromatic heterocycles. The van der Waals surface area contributed by atoms with Gasteiger partial charge in [0.05, 0.1) is 11.7 Å². The van der Waals surface area contributed by atoms with E-state index in [1.807, 2.05) is 0 Å². The number of hydrogen-bond donors (Lipinski definition) is 0. The molecule has 2 aliphatic heterocycles. The highest BCUT2D eigenvalue weighted by atomic mass is 16.6. The summed E-state index contributed by atoms with van der Waals surface area (Å²) in [7, 11) is 0. The molecule has 3 heteroatoms. The lowest BCUT2D eigenvalue weighted by Crippen LogP contribution is -2.25. The summed E-state index contributed by atoms with van der Waals surface area (Å²) in [5.41, 5.74) is 3.31. The topological polar surface area (TPSA) is 38.8 Å². The summed E-state index contributed by atoms with van der Waals surface area (Å²) in [5, 5.41) is 0. The average Bonchev–Trinajstić information content (AvgIpc) is 3.05. The van der Waals surface area contributed by atoms with E-state index in [0.717, 1.165) is 38.5 Å². The molecule has 23 heavy (non-hydrogen) atoms. The Morgan fingerprint density at radius 3 is 2.74 bits per heavy atom. The van der Waals surface area contributed by atoms with E-state index in [1.54, 1.807) is 0 Å². The van der Waals surface area contributed by atoms with Crippen molar-refractivity contribution < 1.29 is 14.3 Å². The highest BCUT2D eigenvalue weighted by Crippen LogP contribution is 2.47. The van der Waals surface area contributed by atoms with Crippen molar-refractivity contribution in [2.45, 2.75) is 77.1 Å². The van der Waals surface area contributed by atoms with E-state index < -0.39 is 0 Å². The van der Waals surface area contributed by atoms with Gasteiger partial charge < -0.3 is 9.47 Å². The molecule has 0 aromatic carbocycles. The molecule has 1 unspecified atom stereocenters. The van der Waals surface area contributed by atoms with E-state index in [-0.39, 0.29) is 23.6 Å². The van der Waals surface area contributed by atoms with Crippen molar-refractivity contribution in [2.24, 2.45) is 5.92 Å². The Labute approximate surface area is 139 Å². The van der Waals surface area contributed by atoms with Gasteiger partial charge in [-0.05, 0) is 52.9 Å². The molecule has 4 atom stereocenters. The zero-order valence-electron chi connectivity index (χ0n) is 14.6. The maximum atomic E-state index is 11.9. The van der Waals surface area contributed by atoms with Gasteiger partial charge in [0.15, 0.2) is 0 Å². The molecule has 0 aromatic rings. The van der Waals surface area contributed by atoms with E-state index in [1.165, 1.54) is 11.1 Å². The second kappa shape index (κ2) is 6.27. The number of carbonyl (C=O) groups is 1. The molecule has 0 bridgehead atoms. The van der Waals surface area contributed by atoms with Crippen LogP contribution in [0.25, 0.3) is 0 Å². The van der Waals surface area contributed by atoms with Crippen LogP contribution in [0.5, 0.6) is 0 Å². The summed E-state index contributed by atoms with van der Waals surface area (Å²) in [6.07, 6.45) is 10.7. The Morgan fingerprint density at radius 1 is 1.22 bits per heavy atom. The SMILES string of the molecule is C=C1C(=O)O[C@@H]2C[C@@]3(C)OC3CC/C(C)=C/CC/C(C)=C/C[C@@H]12. The van der Waals surface area contributed by atoms with Gasteiger partial charge in [-0.25, -0.2) is 4.79 Å². The van der Waals surface area contributed by atoms with Crippen molar-refractivity contribution in [1.29, 1.82) is 0 Å². The number of carbonyl (C=O) groups excluding carboxylic acids is 1. The smallest absolute Gasteiger partial charge is 0.334 e. The predicted octanol–water partition coefficient (Wildman–Crippen LogP) is 4.49. The molecule has 0 amide bonds. The van der Waals surface area contributed by atoms with Crippen LogP contribution in [0.1, 0.15) is 59.3 Å². The van der Waals surface area contributed by atoms with E-state index in [9.17, 15) is 4.79 Å². The molecule has 1 aliphatic carbocycles. The fourth-order valence-corrected chi connectivity index (χ4v) is 3.82. The quantitative estimate of drug-likeness (QED) is 0.286. The molecule has 0 saturated carbocycles. The Morgan fingerprint density at radius 2 is 1.96 bits per heavy atom. The molecule has 2 fully saturated rings. The zero-order chi connectivity index (χ0) is 16.6. The lowest BCUT2D eigenvalue weighted by atomic mass is 9.85. The molecular weight excluding hydrogens is 288 g/mol. The maximum Gasteiger partial charge on any atom is 0.334 e. The Hall–Kier alpha value is -1.35. The van der Waals surface area contributed by atoms with Gasteiger partial charge in [-0.1, -0.05) is 29.9 Å². The standard InChI is InChI=1S/C20H28O3/c1-13-6-5-7-14(2)9-11-18-20(4,23-18)12-17-16(10-8-13)15(3)19(21)22-17/h7-8,16-18H,3,5-6,9-12H2,1-2,4H3/b13-8+,14-7+/t16-,17+,18?,20+/m0/s1. The monoisotopic (exact) mass is 316 g/mol. The van der Waals surface area contributed by atoms with Gasteiger partial charge in [0.2, 0.25) is 0 Å². The highest BCUT2D eigenvalue weighted by Gasteiger charge is 2.55. The van der Waals surface area contributed by atoms with Crippen molar-refractivity contribution >= 4 is 5.97 Å². The molecule has 3 nitrogen and oxygen atoms in total. The van der Waals surface area contributed by atoms with Crippen molar-refractivity contribution in [1.82, 2.24) is 0 Å². The van der Waals surface area contributed by atoms with Gasteiger partial charge in [-0.2, -0.15) is 0 Å². The minimum absolute atomic E-state index is 0.0892. The molecule has 3 aliphatic rings. The summed E-state index contributed by atoms with van der Waals surface area (Å²) < 4.78 is 11.6. The first-order chi connectivity index (χ1) is 10.9. The lowest BCUT2D eigenvalue weighted by molar-refractivity contribution is -0.139. The van der Waals surface area contributed by atoms with E-state index in [2.05, 4.69) is 39.5 Å². The van der Waals surface area contributed by atoms with E-state index in [0.29, 0.717) is 11.7 Å². The molecule has 0 spiro atoms. The van der Waals surface area contributed by atoms with Crippen LogP contribution in [0.15, 0.2) is 35.5 Å². The average molecular weight is 316 g/mol. The number of hydrogen-bond acceptors (Lipinski definition) is 3.